The van der Waals surface area contributed by atoms with Crippen molar-refractivity contribution in [3.63, 3.8) is 0 Å². The highest BCUT2D eigenvalue weighted by Crippen LogP contribution is 2.20. The molecular formula is C14H18BrNO3. The van der Waals surface area contributed by atoms with E-state index in [1.165, 1.54) is 4.90 Å². The van der Waals surface area contributed by atoms with Gasteiger partial charge in [0.25, 0.3) is 0 Å². The number of carboxylic acid groups (broad SMARTS) is 1. The number of carboxylic acids is 1. The summed E-state index contributed by atoms with van der Waals surface area (Å²) in [4.78, 5) is 24.3. The average Bonchev–Trinajstić information content (AvgIpc) is 2.34. The Hall–Kier alpha value is -1.36. The molecule has 0 spiro atoms. The van der Waals surface area contributed by atoms with Gasteiger partial charge in [0.2, 0.25) is 5.91 Å². The van der Waals surface area contributed by atoms with Crippen LogP contribution in [0.15, 0.2) is 22.7 Å². The predicted octanol–water partition coefficient (Wildman–Crippen LogP) is 2.48. The SMILES string of the molecule is Cc1c(Br)cccc1CC(=O)N(C)CC(C)C(=O)O. The topological polar surface area (TPSA) is 57.6 Å². The number of carbonyl (C=O) groups excluding carboxylic acids is 1. The summed E-state index contributed by atoms with van der Waals surface area (Å²) in [5, 5.41) is 8.84. The fraction of sp³-hybridized carbons (Fsp3) is 0.429. The number of benzene rings is 1. The van der Waals surface area contributed by atoms with Crippen molar-refractivity contribution >= 4 is 27.8 Å². The van der Waals surface area contributed by atoms with Crippen LogP contribution in [-0.2, 0) is 16.0 Å². The van der Waals surface area contributed by atoms with Crippen molar-refractivity contribution in [1.82, 2.24) is 4.90 Å². The maximum atomic E-state index is 12.1. The molecule has 4 nitrogen and oxygen atoms in total. The fourth-order valence-electron chi connectivity index (χ4n) is 1.73. The van der Waals surface area contributed by atoms with Gasteiger partial charge in [-0.1, -0.05) is 35.0 Å². The molecule has 0 aliphatic carbocycles. The van der Waals surface area contributed by atoms with Gasteiger partial charge in [0.05, 0.1) is 12.3 Å². The quantitative estimate of drug-likeness (QED) is 0.903. The Balaban J connectivity index is 2.69. The highest BCUT2D eigenvalue weighted by Gasteiger charge is 2.18. The number of rotatable bonds is 5. The monoisotopic (exact) mass is 327 g/mol. The van der Waals surface area contributed by atoms with Crippen molar-refractivity contribution in [1.29, 1.82) is 0 Å². The summed E-state index contributed by atoms with van der Waals surface area (Å²) in [5.41, 5.74) is 1.99. The van der Waals surface area contributed by atoms with E-state index in [4.69, 9.17) is 5.11 Å². The van der Waals surface area contributed by atoms with Gasteiger partial charge in [-0.05, 0) is 24.1 Å². The second kappa shape index (κ2) is 6.70. The molecule has 0 fully saturated rings. The van der Waals surface area contributed by atoms with Crippen LogP contribution < -0.4 is 0 Å². The first-order valence-corrected chi connectivity index (χ1v) is 6.83. The van der Waals surface area contributed by atoms with Crippen LogP contribution in [0.2, 0.25) is 0 Å². The van der Waals surface area contributed by atoms with Crippen molar-refractivity contribution in [3.8, 4) is 0 Å². The predicted molar refractivity (Wildman–Crippen MR) is 77.0 cm³/mol. The van der Waals surface area contributed by atoms with Gasteiger partial charge in [-0.2, -0.15) is 0 Å². The number of halogens is 1. The van der Waals surface area contributed by atoms with Crippen LogP contribution >= 0.6 is 15.9 Å². The maximum absolute atomic E-state index is 12.1. The van der Waals surface area contributed by atoms with E-state index in [1.54, 1.807) is 14.0 Å². The van der Waals surface area contributed by atoms with Gasteiger partial charge in [0, 0.05) is 18.1 Å². The Morgan fingerprint density at radius 2 is 2.05 bits per heavy atom. The smallest absolute Gasteiger partial charge is 0.308 e. The first-order chi connectivity index (χ1) is 8.82. The molecule has 1 amide bonds. The minimum atomic E-state index is -0.890. The van der Waals surface area contributed by atoms with Gasteiger partial charge >= 0.3 is 5.97 Å². The third-order valence-electron chi connectivity index (χ3n) is 3.12. The van der Waals surface area contributed by atoms with Gasteiger partial charge in [0.15, 0.2) is 0 Å². The summed E-state index contributed by atoms with van der Waals surface area (Å²) in [7, 11) is 1.63. The average molecular weight is 328 g/mol. The maximum Gasteiger partial charge on any atom is 0.308 e. The molecule has 0 aliphatic rings. The normalized spacial score (nSPS) is 12.0. The lowest BCUT2D eigenvalue weighted by molar-refractivity contribution is -0.142. The van der Waals surface area contributed by atoms with Crippen LogP contribution in [0, 0.1) is 12.8 Å². The molecule has 1 rings (SSSR count). The largest absolute Gasteiger partial charge is 0.481 e. The fourth-order valence-corrected chi connectivity index (χ4v) is 2.14. The third-order valence-corrected chi connectivity index (χ3v) is 3.98. The Morgan fingerprint density at radius 3 is 2.63 bits per heavy atom. The van der Waals surface area contributed by atoms with Gasteiger partial charge in [-0.3, -0.25) is 9.59 Å². The molecule has 1 aromatic carbocycles. The van der Waals surface area contributed by atoms with Crippen molar-refractivity contribution < 1.29 is 14.7 Å². The summed E-state index contributed by atoms with van der Waals surface area (Å²) < 4.78 is 0.972. The molecule has 5 heteroatoms. The second-order valence-electron chi connectivity index (χ2n) is 4.71. The summed E-state index contributed by atoms with van der Waals surface area (Å²) in [6.07, 6.45) is 0.286. The molecule has 0 aliphatic heterocycles. The lowest BCUT2D eigenvalue weighted by atomic mass is 10.0. The van der Waals surface area contributed by atoms with Gasteiger partial charge < -0.3 is 10.0 Å². The molecule has 1 aromatic rings. The Kier molecular flexibility index (Phi) is 5.54. The number of aliphatic carboxylic acids is 1. The lowest BCUT2D eigenvalue weighted by Gasteiger charge is -2.20. The van der Waals surface area contributed by atoms with Crippen LogP contribution in [0.25, 0.3) is 0 Å². The third kappa shape index (κ3) is 4.35. The molecule has 0 saturated heterocycles. The van der Waals surface area contributed by atoms with Gasteiger partial charge in [-0.15, -0.1) is 0 Å². The molecule has 0 bridgehead atoms. The zero-order valence-electron chi connectivity index (χ0n) is 11.3. The van der Waals surface area contributed by atoms with E-state index in [0.717, 1.165) is 15.6 Å². The number of carbonyl (C=O) groups is 2. The van der Waals surface area contributed by atoms with Crippen molar-refractivity contribution in [2.24, 2.45) is 5.92 Å². The number of amides is 1. The number of nitrogens with zero attached hydrogens (tertiary/aromatic N) is 1. The Bertz CT molecular complexity index is 488. The zero-order valence-corrected chi connectivity index (χ0v) is 12.9. The van der Waals surface area contributed by atoms with E-state index in [0.29, 0.717) is 0 Å². The summed E-state index contributed by atoms with van der Waals surface area (Å²) >= 11 is 3.43. The lowest BCUT2D eigenvalue weighted by Crippen LogP contribution is -2.34. The van der Waals surface area contributed by atoms with Crippen LogP contribution in [0.3, 0.4) is 0 Å². The van der Waals surface area contributed by atoms with Crippen molar-refractivity contribution in [2.45, 2.75) is 20.3 Å². The zero-order chi connectivity index (χ0) is 14.6. The highest BCUT2D eigenvalue weighted by atomic mass is 79.9. The first-order valence-electron chi connectivity index (χ1n) is 6.03. The molecule has 0 heterocycles. The standard InChI is InChI=1S/C14H18BrNO3/c1-9(14(18)19)8-16(3)13(17)7-11-5-4-6-12(15)10(11)2/h4-6,9H,7-8H2,1-3H3,(H,18,19). The van der Waals surface area contributed by atoms with E-state index in [9.17, 15) is 9.59 Å². The summed E-state index contributed by atoms with van der Waals surface area (Å²) in [5.74, 6) is -1.52. The number of hydrogen-bond donors (Lipinski definition) is 1. The Labute approximate surface area is 121 Å². The molecule has 0 aromatic heterocycles. The Morgan fingerprint density at radius 1 is 1.42 bits per heavy atom. The van der Waals surface area contributed by atoms with Crippen LogP contribution in [-0.4, -0.2) is 35.5 Å². The summed E-state index contributed by atoms with van der Waals surface area (Å²) in [6.45, 7) is 3.77. The molecule has 0 radical (unpaired) electrons. The number of likely N-dealkylation sites (N-methyl/N-ethyl adjacent to an activating group) is 1. The minimum Gasteiger partial charge on any atom is -0.481 e. The van der Waals surface area contributed by atoms with E-state index in [-0.39, 0.29) is 18.9 Å². The van der Waals surface area contributed by atoms with Crippen LogP contribution in [0.4, 0.5) is 0 Å². The van der Waals surface area contributed by atoms with E-state index < -0.39 is 11.9 Å². The van der Waals surface area contributed by atoms with Crippen LogP contribution in [0.1, 0.15) is 18.1 Å². The van der Waals surface area contributed by atoms with E-state index in [1.807, 2.05) is 25.1 Å². The molecule has 104 valence electrons. The van der Waals surface area contributed by atoms with Crippen molar-refractivity contribution in [2.75, 3.05) is 13.6 Å². The highest BCUT2D eigenvalue weighted by molar-refractivity contribution is 9.10. The first kappa shape index (κ1) is 15.7. The van der Waals surface area contributed by atoms with Gasteiger partial charge in [0.1, 0.15) is 0 Å². The molecule has 1 atom stereocenters. The minimum absolute atomic E-state index is 0.0747. The van der Waals surface area contributed by atoms with Gasteiger partial charge in [-0.25, -0.2) is 0 Å². The molecule has 19 heavy (non-hydrogen) atoms. The molecule has 1 unspecified atom stereocenters. The second-order valence-corrected chi connectivity index (χ2v) is 5.57. The van der Waals surface area contributed by atoms with Crippen LogP contribution in [0.5, 0.6) is 0 Å². The summed E-state index contributed by atoms with van der Waals surface area (Å²) in [6, 6.07) is 5.73. The molecule has 0 saturated carbocycles. The van der Waals surface area contributed by atoms with E-state index in [2.05, 4.69) is 15.9 Å². The van der Waals surface area contributed by atoms with E-state index >= 15 is 0 Å². The number of hydrogen-bond acceptors (Lipinski definition) is 2. The van der Waals surface area contributed by atoms with Crippen molar-refractivity contribution in [3.05, 3.63) is 33.8 Å². The molecular weight excluding hydrogens is 310 g/mol. The molecule has 1 N–H and O–H groups in total.